The Morgan fingerprint density at radius 2 is 1.69 bits per heavy atom. The van der Waals surface area contributed by atoms with Crippen LogP contribution in [0.25, 0.3) is 10.6 Å². The Morgan fingerprint density at radius 3 is 2.24 bits per heavy atom. The van der Waals surface area contributed by atoms with Gasteiger partial charge in [0.1, 0.15) is 0 Å². The number of amides is 1. The number of anilines is 1. The van der Waals surface area contributed by atoms with Crippen molar-refractivity contribution in [2.45, 2.75) is 27.7 Å². The molecular weight excluding hydrogens is 390 g/mol. The highest BCUT2D eigenvalue weighted by atomic mass is 32.1. The molecule has 0 fully saturated rings. The molecule has 0 spiro atoms. The van der Waals surface area contributed by atoms with Crippen LogP contribution in [0.4, 0.5) is 5.82 Å². The van der Waals surface area contributed by atoms with Gasteiger partial charge in [-0.3, -0.25) is 9.89 Å². The van der Waals surface area contributed by atoms with Gasteiger partial charge in [-0.05, 0) is 52.0 Å². The van der Waals surface area contributed by atoms with Gasteiger partial charge in [0.2, 0.25) is 5.75 Å². The number of carbonyl (C=O) groups excluding carboxylic acids is 1. The first-order valence-corrected chi connectivity index (χ1v) is 10.4. The lowest BCUT2D eigenvalue weighted by molar-refractivity contribution is 0.102. The summed E-state index contributed by atoms with van der Waals surface area (Å²) in [5.74, 6) is 1.59. The number of ether oxygens (including phenoxy) is 3. The Labute approximate surface area is 174 Å². The van der Waals surface area contributed by atoms with Crippen LogP contribution in [-0.4, -0.2) is 35.9 Å². The Morgan fingerprint density at radius 1 is 1.03 bits per heavy atom. The van der Waals surface area contributed by atoms with E-state index >= 15 is 0 Å². The molecule has 2 N–H and O–H groups in total. The van der Waals surface area contributed by atoms with Crippen LogP contribution < -0.4 is 19.5 Å². The molecule has 7 nitrogen and oxygen atoms in total. The van der Waals surface area contributed by atoms with Gasteiger partial charge in [-0.15, -0.1) is 11.3 Å². The van der Waals surface area contributed by atoms with Crippen LogP contribution in [-0.2, 0) is 0 Å². The summed E-state index contributed by atoms with van der Waals surface area (Å²) in [5.41, 5.74) is 1.26. The predicted molar refractivity (Wildman–Crippen MR) is 115 cm³/mol. The van der Waals surface area contributed by atoms with Crippen molar-refractivity contribution in [3.8, 4) is 27.8 Å². The van der Waals surface area contributed by atoms with Gasteiger partial charge in [-0.2, -0.15) is 5.10 Å². The van der Waals surface area contributed by atoms with Gasteiger partial charge in [0, 0.05) is 16.5 Å². The average Bonchev–Trinajstić information content (AvgIpc) is 3.33. The standard InChI is InChI=1S/C21H25N3O4S/c1-5-26-16-10-14(11-17(27-6-2)20(16)28-7-3)21(25)22-19-12-15(23-24-19)18-9-8-13(4)29-18/h8-12H,5-7H2,1-4H3,(H2,22,23,24,25). The zero-order valence-electron chi connectivity index (χ0n) is 17.0. The van der Waals surface area contributed by atoms with Crippen LogP contribution in [0, 0.1) is 6.92 Å². The second-order valence-corrected chi connectivity index (χ2v) is 7.42. The van der Waals surface area contributed by atoms with Crippen LogP contribution in [0.5, 0.6) is 17.2 Å². The van der Waals surface area contributed by atoms with E-state index in [1.54, 1.807) is 23.5 Å². The SMILES string of the molecule is CCOc1cc(C(=O)Nc2cc(-c3ccc(C)s3)[nH]n2)cc(OCC)c1OCC. The smallest absolute Gasteiger partial charge is 0.257 e. The van der Waals surface area contributed by atoms with Crippen molar-refractivity contribution in [2.75, 3.05) is 25.1 Å². The maximum absolute atomic E-state index is 12.8. The third-order valence-corrected chi connectivity index (χ3v) is 5.03. The van der Waals surface area contributed by atoms with Crippen LogP contribution in [0.2, 0.25) is 0 Å². The number of nitrogens with one attached hydrogen (secondary N) is 2. The van der Waals surface area contributed by atoms with E-state index in [1.807, 2.05) is 45.9 Å². The quantitative estimate of drug-likeness (QED) is 0.519. The number of nitrogens with zero attached hydrogens (tertiary/aromatic N) is 1. The van der Waals surface area contributed by atoms with Gasteiger partial charge in [-0.1, -0.05) is 0 Å². The van der Waals surface area contributed by atoms with Gasteiger partial charge >= 0.3 is 0 Å². The molecule has 3 rings (SSSR count). The van der Waals surface area contributed by atoms with E-state index in [-0.39, 0.29) is 5.91 Å². The van der Waals surface area contributed by atoms with Crippen molar-refractivity contribution in [1.29, 1.82) is 0 Å². The van der Waals surface area contributed by atoms with E-state index in [4.69, 9.17) is 14.2 Å². The minimum absolute atomic E-state index is 0.310. The van der Waals surface area contributed by atoms with E-state index in [9.17, 15) is 4.79 Å². The molecular formula is C21H25N3O4S. The predicted octanol–water partition coefficient (Wildman–Crippen LogP) is 4.90. The van der Waals surface area contributed by atoms with Crippen molar-refractivity contribution in [3.63, 3.8) is 0 Å². The number of thiophene rings is 1. The first-order chi connectivity index (χ1) is 14.0. The second kappa shape index (κ2) is 9.47. The maximum atomic E-state index is 12.8. The van der Waals surface area contributed by atoms with E-state index in [2.05, 4.69) is 15.5 Å². The first kappa shape index (κ1) is 20.7. The molecule has 1 amide bonds. The Bertz CT molecular complexity index is 953. The molecule has 0 saturated carbocycles. The summed E-state index contributed by atoms with van der Waals surface area (Å²) in [4.78, 5) is 15.1. The number of aromatic amines is 1. The molecule has 2 aromatic heterocycles. The third kappa shape index (κ3) is 4.89. The molecule has 1 aromatic carbocycles. The molecule has 0 saturated heterocycles. The Hall–Kier alpha value is -3.00. The zero-order chi connectivity index (χ0) is 20.8. The van der Waals surface area contributed by atoms with E-state index < -0.39 is 0 Å². The maximum Gasteiger partial charge on any atom is 0.257 e. The monoisotopic (exact) mass is 415 g/mol. The van der Waals surface area contributed by atoms with E-state index in [0.29, 0.717) is 48.5 Å². The second-order valence-electron chi connectivity index (χ2n) is 6.13. The van der Waals surface area contributed by atoms with E-state index in [0.717, 1.165) is 10.6 Å². The number of aromatic nitrogens is 2. The molecule has 29 heavy (non-hydrogen) atoms. The lowest BCUT2D eigenvalue weighted by Gasteiger charge is -2.16. The molecule has 0 aliphatic carbocycles. The minimum atomic E-state index is -0.310. The number of H-pyrrole nitrogens is 1. The molecule has 8 heteroatoms. The van der Waals surface area contributed by atoms with Gasteiger partial charge in [-0.25, -0.2) is 0 Å². The number of aryl methyl sites for hydroxylation is 1. The molecule has 0 unspecified atom stereocenters. The van der Waals surface area contributed by atoms with Crippen LogP contribution in [0.1, 0.15) is 36.0 Å². The third-order valence-electron chi connectivity index (χ3n) is 4.00. The minimum Gasteiger partial charge on any atom is -0.490 e. The molecule has 0 bridgehead atoms. The summed E-state index contributed by atoms with van der Waals surface area (Å²) in [6, 6.07) is 9.19. The van der Waals surface area contributed by atoms with Crippen molar-refractivity contribution in [1.82, 2.24) is 10.2 Å². The molecule has 0 aliphatic heterocycles. The molecule has 0 atom stereocenters. The molecule has 2 heterocycles. The fraction of sp³-hybridized carbons (Fsp3) is 0.333. The normalized spacial score (nSPS) is 10.6. The number of hydrogen-bond acceptors (Lipinski definition) is 6. The largest absolute Gasteiger partial charge is 0.490 e. The highest BCUT2D eigenvalue weighted by molar-refractivity contribution is 7.15. The van der Waals surface area contributed by atoms with E-state index in [1.165, 1.54) is 4.88 Å². The van der Waals surface area contributed by atoms with Crippen molar-refractivity contribution >= 4 is 23.1 Å². The molecule has 3 aromatic rings. The Kier molecular flexibility index (Phi) is 6.77. The topological polar surface area (TPSA) is 85.5 Å². The summed E-state index contributed by atoms with van der Waals surface area (Å²) in [6.07, 6.45) is 0. The highest BCUT2D eigenvalue weighted by Crippen LogP contribution is 2.39. The molecule has 154 valence electrons. The summed E-state index contributed by atoms with van der Waals surface area (Å²) in [6.45, 7) is 9.03. The number of rotatable bonds is 9. The number of carbonyl (C=O) groups is 1. The zero-order valence-corrected chi connectivity index (χ0v) is 17.8. The fourth-order valence-corrected chi connectivity index (χ4v) is 3.63. The average molecular weight is 416 g/mol. The van der Waals surface area contributed by atoms with Gasteiger partial charge in [0.15, 0.2) is 17.3 Å². The Balaban J connectivity index is 1.85. The first-order valence-electron chi connectivity index (χ1n) is 9.55. The summed E-state index contributed by atoms with van der Waals surface area (Å²) < 4.78 is 17.0. The number of hydrogen-bond donors (Lipinski definition) is 2. The molecule has 0 aliphatic rings. The summed E-state index contributed by atoms with van der Waals surface area (Å²) in [5, 5.41) is 9.97. The van der Waals surface area contributed by atoms with Crippen molar-refractivity contribution < 1.29 is 19.0 Å². The van der Waals surface area contributed by atoms with Gasteiger partial charge in [0.25, 0.3) is 5.91 Å². The van der Waals surface area contributed by atoms with Crippen LogP contribution in [0.15, 0.2) is 30.3 Å². The van der Waals surface area contributed by atoms with Crippen LogP contribution in [0.3, 0.4) is 0 Å². The summed E-state index contributed by atoms with van der Waals surface area (Å²) in [7, 11) is 0. The lowest BCUT2D eigenvalue weighted by Crippen LogP contribution is -2.13. The lowest BCUT2D eigenvalue weighted by atomic mass is 10.1. The highest BCUT2D eigenvalue weighted by Gasteiger charge is 2.19. The van der Waals surface area contributed by atoms with Crippen LogP contribution >= 0.6 is 11.3 Å². The van der Waals surface area contributed by atoms with Gasteiger partial charge < -0.3 is 19.5 Å². The summed E-state index contributed by atoms with van der Waals surface area (Å²) >= 11 is 1.66. The fourth-order valence-electron chi connectivity index (χ4n) is 2.80. The van der Waals surface area contributed by atoms with Gasteiger partial charge in [0.05, 0.1) is 30.4 Å². The van der Waals surface area contributed by atoms with Crippen molar-refractivity contribution in [3.05, 3.63) is 40.8 Å². The number of benzene rings is 1. The molecule has 0 radical (unpaired) electrons. The van der Waals surface area contributed by atoms with Crippen molar-refractivity contribution in [2.24, 2.45) is 0 Å².